The lowest BCUT2D eigenvalue weighted by Gasteiger charge is -2.26. The maximum absolute atomic E-state index is 6.38. The van der Waals surface area contributed by atoms with Crippen LogP contribution in [0.2, 0.25) is 0 Å². The minimum Gasteiger partial charge on any atom is -0.399 e. The van der Waals surface area contributed by atoms with Gasteiger partial charge in [-0.2, -0.15) is 0 Å². The molecule has 0 aliphatic heterocycles. The molecule has 2 aromatic rings. The van der Waals surface area contributed by atoms with Gasteiger partial charge in [0.15, 0.2) is 0 Å². The van der Waals surface area contributed by atoms with Gasteiger partial charge < -0.3 is 17.2 Å². The molecule has 2 aliphatic carbocycles. The van der Waals surface area contributed by atoms with Crippen LogP contribution in [-0.4, -0.2) is 6.04 Å². The first-order valence-corrected chi connectivity index (χ1v) is 12.5. The zero-order valence-electron chi connectivity index (χ0n) is 19.3. The Morgan fingerprint density at radius 1 is 0.677 bits per heavy atom. The van der Waals surface area contributed by atoms with E-state index in [1.807, 2.05) is 0 Å². The number of hydrogen-bond acceptors (Lipinski definition) is 3. The quantitative estimate of drug-likeness (QED) is 0.512. The molecule has 0 atom stereocenters. The van der Waals surface area contributed by atoms with Gasteiger partial charge in [-0.3, -0.25) is 0 Å². The number of nitrogen functional groups attached to an aromatic ring is 2. The van der Waals surface area contributed by atoms with E-state index in [0.29, 0.717) is 12.0 Å². The maximum atomic E-state index is 6.38. The zero-order chi connectivity index (χ0) is 21.8. The third-order valence-electron chi connectivity index (χ3n) is 7.87. The monoisotopic (exact) mass is 419 g/mol. The molecule has 2 saturated carbocycles. The lowest BCUT2D eigenvalue weighted by molar-refractivity contribution is 0.289. The van der Waals surface area contributed by atoms with Crippen LogP contribution in [-0.2, 0) is 19.3 Å². The van der Waals surface area contributed by atoms with Crippen LogP contribution in [0.5, 0.6) is 0 Å². The summed E-state index contributed by atoms with van der Waals surface area (Å²) in [6.07, 6.45) is 13.4. The SMILES string of the molecule is CC1CCC(Cc2ccc(N)c(Cc3ccc(N)c(CC4CCC(N)CC4)c3)c2)CC1. The third-order valence-corrected chi connectivity index (χ3v) is 7.87. The lowest BCUT2D eigenvalue weighted by atomic mass is 9.80. The highest BCUT2D eigenvalue weighted by molar-refractivity contribution is 5.53. The molecule has 31 heavy (non-hydrogen) atoms. The van der Waals surface area contributed by atoms with Crippen molar-refractivity contribution in [3.63, 3.8) is 0 Å². The van der Waals surface area contributed by atoms with E-state index in [1.165, 1.54) is 67.2 Å². The number of nitrogens with two attached hydrogens (primary N) is 3. The molecule has 0 heterocycles. The normalized spacial score (nSPS) is 26.6. The molecule has 168 valence electrons. The average molecular weight is 420 g/mol. The zero-order valence-corrected chi connectivity index (χ0v) is 19.3. The van der Waals surface area contributed by atoms with Crippen LogP contribution >= 0.6 is 0 Å². The molecule has 0 radical (unpaired) electrons. The van der Waals surface area contributed by atoms with Gasteiger partial charge in [0, 0.05) is 17.4 Å². The van der Waals surface area contributed by atoms with Crippen molar-refractivity contribution in [2.24, 2.45) is 23.5 Å². The van der Waals surface area contributed by atoms with Crippen molar-refractivity contribution < 1.29 is 0 Å². The molecule has 2 aromatic carbocycles. The predicted octanol–water partition coefficient (Wildman–Crippen LogP) is 5.87. The Balaban J connectivity index is 1.43. The minimum absolute atomic E-state index is 0.396. The second-order valence-electron chi connectivity index (χ2n) is 10.6. The van der Waals surface area contributed by atoms with Crippen molar-refractivity contribution >= 4 is 11.4 Å². The Kier molecular flexibility index (Phi) is 7.22. The van der Waals surface area contributed by atoms with Crippen molar-refractivity contribution in [1.29, 1.82) is 0 Å². The summed E-state index contributed by atoms with van der Waals surface area (Å²) in [6.45, 7) is 2.39. The molecule has 0 saturated heterocycles. The fraction of sp³-hybridized carbons (Fsp3) is 0.571. The van der Waals surface area contributed by atoms with Crippen molar-refractivity contribution in [3.8, 4) is 0 Å². The fourth-order valence-corrected chi connectivity index (χ4v) is 5.67. The highest BCUT2D eigenvalue weighted by Gasteiger charge is 2.20. The van der Waals surface area contributed by atoms with Gasteiger partial charge in [-0.25, -0.2) is 0 Å². The predicted molar refractivity (Wildman–Crippen MR) is 133 cm³/mol. The van der Waals surface area contributed by atoms with Crippen LogP contribution in [0.15, 0.2) is 36.4 Å². The molecule has 4 rings (SSSR count). The first-order chi connectivity index (χ1) is 15.0. The summed E-state index contributed by atoms with van der Waals surface area (Å²) < 4.78 is 0. The molecular formula is C28H41N3. The Hall–Kier alpha value is -2.00. The maximum Gasteiger partial charge on any atom is 0.0350 e. The standard InChI is InChI=1S/C28H41N3/c1-19-2-4-20(5-3-19)14-22-8-12-28(31)25(16-22)18-23-9-13-27(30)24(17-23)15-21-6-10-26(29)11-7-21/h8-9,12-13,16-17,19-21,26H,2-7,10-11,14-15,18,29-31H2,1H3. The van der Waals surface area contributed by atoms with Crippen molar-refractivity contribution in [2.45, 2.75) is 83.6 Å². The largest absolute Gasteiger partial charge is 0.399 e. The van der Waals surface area contributed by atoms with Crippen molar-refractivity contribution in [1.82, 2.24) is 0 Å². The number of hydrogen-bond donors (Lipinski definition) is 3. The number of rotatable bonds is 6. The van der Waals surface area contributed by atoms with E-state index in [4.69, 9.17) is 17.2 Å². The van der Waals surface area contributed by atoms with E-state index in [2.05, 4.69) is 43.3 Å². The van der Waals surface area contributed by atoms with Crippen LogP contribution in [0, 0.1) is 17.8 Å². The second kappa shape index (κ2) is 10.1. The number of benzene rings is 2. The van der Waals surface area contributed by atoms with E-state index >= 15 is 0 Å². The molecule has 3 heteroatoms. The topological polar surface area (TPSA) is 78.1 Å². The van der Waals surface area contributed by atoms with Gasteiger partial charge in [0.05, 0.1) is 0 Å². The van der Waals surface area contributed by atoms with Gasteiger partial charge in [0.2, 0.25) is 0 Å². The summed E-state index contributed by atoms with van der Waals surface area (Å²) >= 11 is 0. The van der Waals surface area contributed by atoms with Crippen molar-refractivity contribution in [3.05, 3.63) is 58.7 Å². The van der Waals surface area contributed by atoms with Gasteiger partial charge in [0.25, 0.3) is 0 Å². The Morgan fingerprint density at radius 3 is 1.94 bits per heavy atom. The van der Waals surface area contributed by atoms with Crippen LogP contribution in [0.4, 0.5) is 11.4 Å². The molecule has 3 nitrogen and oxygen atoms in total. The highest BCUT2D eigenvalue weighted by atomic mass is 14.6. The Labute approximate surface area is 188 Å². The van der Waals surface area contributed by atoms with Crippen LogP contribution in [0.25, 0.3) is 0 Å². The Morgan fingerprint density at radius 2 is 1.23 bits per heavy atom. The second-order valence-corrected chi connectivity index (χ2v) is 10.6. The van der Waals surface area contributed by atoms with Crippen LogP contribution in [0.1, 0.15) is 80.5 Å². The van der Waals surface area contributed by atoms with E-state index in [1.54, 1.807) is 0 Å². The molecule has 2 fully saturated rings. The van der Waals surface area contributed by atoms with Gasteiger partial charge in [-0.15, -0.1) is 0 Å². The van der Waals surface area contributed by atoms with Gasteiger partial charge in [-0.05, 0) is 110 Å². The van der Waals surface area contributed by atoms with E-state index in [-0.39, 0.29) is 0 Å². The molecule has 0 spiro atoms. The third kappa shape index (κ3) is 6.04. The van der Waals surface area contributed by atoms with Gasteiger partial charge in [-0.1, -0.05) is 44.0 Å². The summed E-state index contributed by atoms with van der Waals surface area (Å²) in [5, 5.41) is 0. The molecule has 0 unspecified atom stereocenters. The fourth-order valence-electron chi connectivity index (χ4n) is 5.67. The molecule has 0 bridgehead atoms. The van der Waals surface area contributed by atoms with Gasteiger partial charge >= 0.3 is 0 Å². The average Bonchev–Trinajstić information content (AvgIpc) is 2.76. The lowest BCUT2D eigenvalue weighted by Crippen LogP contribution is -2.27. The molecule has 2 aliphatic rings. The summed E-state index contributed by atoms with van der Waals surface area (Å²) in [5.74, 6) is 2.45. The van der Waals surface area contributed by atoms with E-state index < -0.39 is 0 Å². The van der Waals surface area contributed by atoms with Crippen LogP contribution < -0.4 is 17.2 Å². The first kappa shape index (κ1) is 22.2. The first-order valence-electron chi connectivity index (χ1n) is 12.5. The van der Waals surface area contributed by atoms with Crippen LogP contribution in [0.3, 0.4) is 0 Å². The van der Waals surface area contributed by atoms with Gasteiger partial charge in [0.1, 0.15) is 0 Å². The molecule has 0 amide bonds. The minimum atomic E-state index is 0.396. The smallest absolute Gasteiger partial charge is 0.0350 e. The summed E-state index contributed by atoms with van der Waals surface area (Å²) in [4.78, 5) is 0. The molecule has 0 aromatic heterocycles. The summed E-state index contributed by atoms with van der Waals surface area (Å²) in [5.41, 5.74) is 25.9. The van der Waals surface area contributed by atoms with Crippen molar-refractivity contribution in [2.75, 3.05) is 11.5 Å². The van der Waals surface area contributed by atoms with E-state index in [0.717, 1.165) is 48.9 Å². The summed E-state index contributed by atoms with van der Waals surface area (Å²) in [7, 11) is 0. The van der Waals surface area contributed by atoms with E-state index in [9.17, 15) is 0 Å². The number of anilines is 2. The molecular weight excluding hydrogens is 378 g/mol. The Bertz CT molecular complexity index is 859. The summed E-state index contributed by atoms with van der Waals surface area (Å²) in [6, 6.07) is 13.7. The molecule has 6 N–H and O–H groups in total. The highest BCUT2D eigenvalue weighted by Crippen LogP contribution is 2.32.